The molecule has 0 spiro atoms. The van der Waals surface area contributed by atoms with Crippen LogP contribution in [-0.4, -0.2) is 83.0 Å². The highest BCUT2D eigenvalue weighted by molar-refractivity contribution is 6.01. The molecule has 0 radical (unpaired) electrons. The van der Waals surface area contributed by atoms with Crippen molar-refractivity contribution < 1.29 is 33.8 Å². The van der Waals surface area contributed by atoms with Crippen LogP contribution >= 0.6 is 0 Å². The first-order valence-corrected chi connectivity index (χ1v) is 14.2. The lowest BCUT2D eigenvalue weighted by Gasteiger charge is -2.27. The van der Waals surface area contributed by atoms with Crippen LogP contribution in [0.4, 0.5) is 0 Å². The maximum absolute atomic E-state index is 13.4. The number of aliphatic hydroxyl groups is 1. The van der Waals surface area contributed by atoms with Crippen molar-refractivity contribution in [3.8, 4) is 5.75 Å². The lowest BCUT2D eigenvalue weighted by atomic mass is 10.0. The average Bonchev–Trinajstić information content (AvgIpc) is 2.96. The Balaban J connectivity index is 1.90. The van der Waals surface area contributed by atoms with Crippen molar-refractivity contribution >= 4 is 29.5 Å². The third-order valence-corrected chi connectivity index (χ3v) is 6.76. The van der Waals surface area contributed by atoms with Crippen LogP contribution in [0.3, 0.4) is 0 Å². The minimum atomic E-state index is -1.43. The lowest BCUT2D eigenvalue weighted by molar-refractivity contribution is -0.135. The molecule has 0 fully saturated rings. The molecule has 0 saturated carbocycles. The van der Waals surface area contributed by atoms with Crippen molar-refractivity contribution in [2.24, 2.45) is 5.92 Å². The molecule has 0 bridgehead atoms. The summed E-state index contributed by atoms with van der Waals surface area (Å²) in [7, 11) is 0. The Morgan fingerprint density at radius 1 is 0.977 bits per heavy atom. The van der Waals surface area contributed by atoms with Gasteiger partial charge in [-0.2, -0.15) is 0 Å². The number of rotatable bonds is 6. The van der Waals surface area contributed by atoms with E-state index < -0.39 is 66.2 Å². The SMILES string of the molecule is CC(C)[C@H]1NC(=O)[C@H]([C@@H](C)O)NC(=O)C[C@@H](C(=O)NCCc2ccccn2)NC(=O)c2ccccc2OC[C@H](C)NC1=O. The number of amides is 5. The number of ether oxygens (including phenoxy) is 1. The van der Waals surface area contributed by atoms with E-state index in [2.05, 4.69) is 31.6 Å². The average molecular weight is 597 g/mol. The highest BCUT2D eigenvalue weighted by atomic mass is 16.5. The quantitative estimate of drug-likeness (QED) is 0.265. The molecule has 0 saturated heterocycles. The molecule has 13 heteroatoms. The van der Waals surface area contributed by atoms with Gasteiger partial charge in [-0.3, -0.25) is 29.0 Å². The Labute approximate surface area is 250 Å². The molecule has 0 unspecified atom stereocenters. The molecule has 0 aliphatic carbocycles. The third kappa shape index (κ3) is 9.77. The van der Waals surface area contributed by atoms with E-state index in [1.807, 2.05) is 12.1 Å². The highest BCUT2D eigenvalue weighted by Crippen LogP contribution is 2.19. The van der Waals surface area contributed by atoms with Gasteiger partial charge in [0, 0.05) is 24.9 Å². The van der Waals surface area contributed by atoms with Crippen molar-refractivity contribution in [2.75, 3.05) is 13.2 Å². The molecular weight excluding hydrogens is 556 g/mol. The summed E-state index contributed by atoms with van der Waals surface area (Å²) in [5.74, 6) is -3.44. The number of pyridine rings is 1. The summed E-state index contributed by atoms with van der Waals surface area (Å²) in [5, 5.41) is 23.5. The molecule has 43 heavy (non-hydrogen) atoms. The van der Waals surface area contributed by atoms with Gasteiger partial charge in [0.1, 0.15) is 30.5 Å². The zero-order chi connectivity index (χ0) is 31.5. The van der Waals surface area contributed by atoms with Crippen LogP contribution in [-0.2, 0) is 25.6 Å². The van der Waals surface area contributed by atoms with Gasteiger partial charge in [-0.25, -0.2) is 0 Å². The number of hydrogen-bond donors (Lipinski definition) is 6. The number of carbonyl (C=O) groups is 5. The van der Waals surface area contributed by atoms with E-state index >= 15 is 0 Å². The van der Waals surface area contributed by atoms with E-state index in [1.165, 1.54) is 13.0 Å². The van der Waals surface area contributed by atoms with E-state index in [4.69, 9.17) is 4.74 Å². The summed E-state index contributed by atoms with van der Waals surface area (Å²) >= 11 is 0. The smallest absolute Gasteiger partial charge is 0.255 e. The zero-order valence-electron chi connectivity index (χ0n) is 24.8. The Bertz CT molecular complexity index is 1290. The molecule has 13 nitrogen and oxygen atoms in total. The van der Waals surface area contributed by atoms with Crippen molar-refractivity contribution in [3.63, 3.8) is 0 Å². The van der Waals surface area contributed by atoms with Gasteiger partial charge in [-0.1, -0.05) is 32.0 Å². The molecule has 1 aromatic carbocycles. The van der Waals surface area contributed by atoms with Crippen molar-refractivity contribution in [2.45, 2.75) is 70.8 Å². The van der Waals surface area contributed by atoms with Crippen LogP contribution in [0.5, 0.6) is 5.75 Å². The number of aliphatic hydroxyl groups excluding tert-OH is 1. The maximum Gasteiger partial charge on any atom is 0.255 e. The molecule has 1 aromatic heterocycles. The number of fused-ring (bicyclic) bond motifs is 1. The fraction of sp³-hybridized carbons (Fsp3) is 0.467. The minimum absolute atomic E-state index is 0.00255. The summed E-state index contributed by atoms with van der Waals surface area (Å²) in [6.07, 6.45) is 0.186. The highest BCUT2D eigenvalue weighted by Gasteiger charge is 2.33. The Hall–Kier alpha value is -4.52. The van der Waals surface area contributed by atoms with Crippen LogP contribution in [0.25, 0.3) is 0 Å². The van der Waals surface area contributed by atoms with E-state index in [-0.39, 0.29) is 30.4 Å². The molecule has 1 aliphatic heterocycles. The lowest BCUT2D eigenvalue weighted by Crippen LogP contribution is -2.59. The van der Waals surface area contributed by atoms with E-state index in [9.17, 15) is 29.1 Å². The number of nitrogens with one attached hydrogen (secondary N) is 5. The Morgan fingerprint density at radius 3 is 2.35 bits per heavy atom. The molecule has 5 atom stereocenters. The second-order valence-electron chi connectivity index (χ2n) is 10.8. The number of hydrogen-bond acceptors (Lipinski definition) is 8. The maximum atomic E-state index is 13.4. The molecular formula is C30H40N6O7. The molecule has 6 N–H and O–H groups in total. The summed E-state index contributed by atoms with van der Waals surface area (Å²) in [6, 6.07) is 7.55. The number of benzene rings is 1. The van der Waals surface area contributed by atoms with Crippen molar-refractivity contribution in [1.82, 2.24) is 31.6 Å². The number of para-hydroxylation sites is 1. The Kier molecular flexibility index (Phi) is 12.0. The van der Waals surface area contributed by atoms with Gasteiger partial charge in [0.2, 0.25) is 23.6 Å². The van der Waals surface area contributed by atoms with Gasteiger partial charge in [-0.15, -0.1) is 0 Å². The van der Waals surface area contributed by atoms with E-state index in [0.29, 0.717) is 6.42 Å². The topological polar surface area (TPSA) is 188 Å². The standard InChI is InChI=1S/C30H40N6O7/c1-17(2)25-29(41)33-18(3)16-43-23-11-6-5-10-21(23)27(39)34-22(15-24(38)35-26(19(4)37)30(42)36-25)28(40)32-14-12-20-9-7-8-13-31-20/h5-11,13,17-19,22,25-26,37H,12,14-16H2,1-4H3,(H,32,40)(H,33,41)(H,34,39)(H,35,38)(H,36,42)/t18-,19+,22-,25+,26-/m0/s1. The predicted octanol–water partition coefficient (Wildman–Crippen LogP) is -0.167. The van der Waals surface area contributed by atoms with Gasteiger partial charge >= 0.3 is 0 Å². The molecule has 3 rings (SSSR count). The summed E-state index contributed by atoms with van der Waals surface area (Å²) in [5.41, 5.74) is 0.869. The number of carbonyl (C=O) groups excluding carboxylic acids is 5. The largest absolute Gasteiger partial charge is 0.491 e. The summed E-state index contributed by atoms with van der Waals surface area (Å²) < 4.78 is 5.86. The molecule has 2 aromatic rings. The normalized spacial score (nSPS) is 22.9. The summed E-state index contributed by atoms with van der Waals surface area (Å²) in [4.78, 5) is 70.1. The predicted molar refractivity (Wildman–Crippen MR) is 157 cm³/mol. The fourth-order valence-corrected chi connectivity index (χ4v) is 4.40. The third-order valence-electron chi connectivity index (χ3n) is 6.76. The van der Waals surface area contributed by atoms with E-state index in [0.717, 1.165) is 5.69 Å². The van der Waals surface area contributed by atoms with Crippen LogP contribution in [0.1, 0.15) is 50.2 Å². The van der Waals surface area contributed by atoms with Crippen molar-refractivity contribution in [1.29, 1.82) is 0 Å². The van der Waals surface area contributed by atoms with Gasteiger partial charge in [0.15, 0.2) is 0 Å². The van der Waals surface area contributed by atoms with Crippen LogP contribution < -0.4 is 31.3 Å². The first kappa shape index (κ1) is 33.0. The van der Waals surface area contributed by atoms with Gasteiger partial charge in [-0.05, 0) is 44.0 Å². The van der Waals surface area contributed by atoms with Crippen LogP contribution in [0, 0.1) is 5.92 Å². The zero-order valence-corrected chi connectivity index (χ0v) is 24.8. The first-order chi connectivity index (χ1) is 20.5. The van der Waals surface area contributed by atoms with Gasteiger partial charge in [0.05, 0.1) is 24.1 Å². The molecule has 5 amide bonds. The summed E-state index contributed by atoms with van der Waals surface area (Å²) in [6.45, 7) is 6.71. The second-order valence-corrected chi connectivity index (χ2v) is 10.8. The molecule has 232 valence electrons. The van der Waals surface area contributed by atoms with Gasteiger partial charge in [0.25, 0.3) is 5.91 Å². The first-order valence-electron chi connectivity index (χ1n) is 14.2. The molecule has 1 aliphatic rings. The number of nitrogens with zero attached hydrogens (tertiary/aromatic N) is 1. The fourth-order valence-electron chi connectivity index (χ4n) is 4.40. The van der Waals surface area contributed by atoms with Crippen LogP contribution in [0.2, 0.25) is 0 Å². The van der Waals surface area contributed by atoms with E-state index in [1.54, 1.807) is 51.2 Å². The van der Waals surface area contributed by atoms with Gasteiger partial charge < -0.3 is 36.4 Å². The molecule has 2 heterocycles. The second kappa shape index (κ2) is 15.6. The minimum Gasteiger partial charge on any atom is -0.491 e. The monoisotopic (exact) mass is 596 g/mol. The van der Waals surface area contributed by atoms with Crippen molar-refractivity contribution in [3.05, 3.63) is 59.9 Å². The number of aromatic nitrogens is 1. The van der Waals surface area contributed by atoms with Crippen LogP contribution in [0.15, 0.2) is 48.7 Å². The Morgan fingerprint density at radius 2 is 1.67 bits per heavy atom.